The molecule has 4 heterocycles. The number of hydrogen-bond donors (Lipinski definition) is 1. The highest BCUT2D eigenvalue weighted by molar-refractivity contribution is 8.01. The Balaban J connectivity index is 1.55. The Hall–Kier alpha value is -2.08. The van der Waals surface area contributed by atoms with Crippen LogP contribution in [0.4, 0.5) is 5.13 Å². The molecule has 4 rings (SSSR count). The highest BCUT2D eigenvalue weighted by Crippen LogP contribution is 2.31. The quantitative estimate of drug-likeness (QED) is 0.481. The van der Waals surface area contributed by atoms with Crippen molar-refractivity contribution in [2.45, 2.75) is 9.37 Å². The van der Waals surface area contributed by atoms with Crippen LogP contribution in [0.25, 0.3) is 17.0 Å². The van der Waals surface area contributed by atoms with Crippen molar-refractivity contribution < 1.29 is 4.74 Å². The van der Waals surface area contributed by atoms with E-state index in [1.165, 1.54) is 23.1 Å². The highest BCUT2D eigenvalue weighted by atomic mass is 32.2. The average Bonchev–Trinajstić information content (AvgIpc) is 3.35. The van der Waals surface area contributed by atoms with E-state index in [1.54, 1.807) is 23.0 Å². The highest BCUT2D eigenvalue weighted by Gasteiger charge is 2.12. The van der Waals surface area contributed by atoms with Gasteiger partial charge in [-0.2, -0.15) is 21.0 Å². The lowest BCUT2D eigenvalue weighted by Gasteiger charge is -2.00. The van der Waals surface area contributed by atoms with Crippen molar-refractivity contribution in [2.24, 2.45) is 0 Å². The third-order valence-corrected chi connectivity index (χ3v) is 5.74. The summed E-state index contributed by atoms with van der Waals surface area (Å²) in [5.41, 5.74) is 1.72. The Bertz CT molecular complexity index is 966. The summed E-state index contributed by atoms with van der Waals surface area (Å²) >= 11 is 4.56. The molecule has 25 heavy (non-hydrogen) atoms. The molecule has 0 saturated carbocycles. The third kappa shape index (κ3) is 3.63. The number of fused-ring (bicyclic) bond motifs is 1. The van der Waals surface area contributed by atoms with Crippen molar-refractivity contribution in [3.63, 3.8) is 0 Å². The standard InChI is InChI=1S/C14H13N7OS3/c1-22-6-5-15-13-18-19-14(25-13)24-11-3-2-10-16-17-12(21(10)20-11)9-4-7-23-8-9/h2-4,7-8H,5-6H2,1H3,(H,15,18). The van der Waals surface area contributed by atoms with Crippen molar-refractivity contribution in [3.8, 4) is 11.4 Å². The van der Waals surface area contributed by atoms with Gasteiger partial charge in [0.1, 0.15) is 5.03 Å². The summed E-state index contributed by atoms with van der Waals surface area (Å²) in [5.74, 6) is 0.734. The summed E-state index contributed by atoms with van der Waals surface area (Å²) < 4.78 is 7.58. The number of nitrogens with zero attached hydrogens (tertiary/aromatic N) is 6. The number of aromatic nitrogens is 6. The number of ether oxygens (including phenoxy) is 1. The Morgan fingerprint density at radius 3 is 3.00 bits per heavy atom. The minimum Gasteiger partial charge on any atom is -0.383 e. The first-order valence-corrected chi connectivity index (χ1v) is 9.90. The second-order valence-electron chi connectivity index (χ2n) is 4.87. The van der Waals surface area contributed by atoms with Crippen LogP contribution in [0, 0.1) is 0 Å². The molecule has 1 N–H and O–H groups in total. The fraction of sp³-hybridized carbons (Fsp3) is 0.214. The van der Waals surface area contributed by atoms with Crippen LogP contribution in [0.1, 0.15) is 0 Å². The maximum absolute atomic E-state index is 5.01. The van der Waals surface area contributed by atoms with Crippen molar-refractivity contribution >= 4 is 45.2 Å². The first-order chi connectivity index (χ1) is 12.3. The lowest BCUT2D eigenvalue weighted by Crippen LogP contribution is -2.06. The molecule has 0 fully saturated rings. The van der Waals surface area contributed by atoms with Gasteiger partial charge in [-0.25, -0.2) is 0 Å². The van der Waals surface area contributed by atoms with Crippen molar-refractivity contribution in [1.29, 1.82) is 0 Å². The number of methoxy groups -OCH3 is 1. The van der Waals surface area contributed by atoms with Gasteiger partial charge in [0.15, 0.2) is 15.8 Å². The van der Waals surface area contributed by atoms with Gasteiger partial charge in [0.2, 0.25) is 5.13 Å². The van der Waals surface area contributed by atoms with Gasteiger partial charge in [0.05, 0.1) is 6.61 Å². The largest absolute Gasteiger partial charge is 0.383 e. The molecule has 128 valence electrons. The van der Waals surface area contributed by atoms with E-state index in [2.05, 4.69) is 30.8 Å². The normalized spacial score (nSPS) is 11.2. The Labute approximate surface area is 155 Å². The summed E-state index contributed by atoms with van der Waals surface area (Å²) in [5, 5.41) is 30.1. The topological polar surface area (TPSA) is 90.1 Å². The van der Waals surface area contributed by atoms with E-state index in [-0.39, 0.29) is 0 Å². The lowest BCUT2D eigenvalue weighted by atomic mass is 10.3. The van der Waals surface area contributed by atoms with Gasteiger partial charge in [0, 0.05) is 24.6 Å². The van der Waals surface area contributed by atoms with E-state index in [1.807, 2.05) is 29.0 Å². The zero-order chi connectivity index (χ0) is 17.1. The van der Waals surface area contributed by atoms with E-state index in [4.69, 9.17) is 4.74 Å². The molecule has 0 aliphatic rings. The third-order valence-electron chi connectivity index (χ3n) is 3.20. The molecule has 8 nitrogen and oxygen atoms in total. The van der Waals surface area contributed by atoms with Crippen LogP contribution in [0.5, 0.6) is 0 Å². The molecule has 0 bridgehead atoms. The van der Waals surface area contributed by atoms with Gasteiger partial charge in [0.25, 0.3) is 0 Å². The van der Waals surface area contributed by atoms with Crippen LogP contribution in [-0.2, 0) is 4.74 Å². The van der Waals surface area contributed by atoms with Crippen LogP contribution in [-0.4, -0.2) is 50.3 Å². The van der Waals surface area contributed by atoms with Gasteiger partial charge in [-0.1, -0.05) is 11.3 Å². The number of thiophene rings is 1. The monoisotopic (exact) mass is 391 g/mol. The molecular weight excluding hydrogens is 378 g/mol. The minimum absolute atomic E-state index is 0.624. The summed E-state index contributed by atoms with van der Waals surface area (Å²) in [4.78, 5) is 0. The molecule has 0 saturated heterocycles. The average molecular weight is 392 g/mol. The van der Waals surface area contributed by atoms with E-state index in [0.717, 1.165) is 25.9 Å². The van der Waals surface area contributed by atoms with E-state index in [9.17, 15) is 0 Å². The first-order valence-electron chi connectivity index (χ1n) is 7.32. The maximum atomic E-state index is 5.01. The smallest absolute Gasteiger partial charge is 0.206 e. The first kappa shape index (κ1) is 16.4. The van der Waals surface area contributed by atoms with Gasteiger partial charge in [-0.15, -0.1) is 20.4 Å². The van der Waals surface area contributed by atoms with Crippen molar-refractivity contribution in [3.05, 3.63) is 29.0 Å². The molecule has 0 atom stereocenters. The number of hydrogen-bond acceptors (Lipinski definition) is 10. The Kier molecular flexibility index (Phi) is 4.88. The number of nitrogens with one attached hydrogen (secondary N) is 1. The van der Waals surface area contributed by atoms with E-state index >= 15 is 0 Å². The molecule has 0 unspecified atom stereocenters. The summed E-state index contributed by atoms with van der Waals surface area (Å²) in [6, 6.07) is 5.81. The molecule has 0 aliphatic heterocycles. The Morgan fingerprint density at radius 1 is 1.20 bits per heavy atom. The van der Waals surface area contributed by atoms with Crippen LogP contribution in [0.3, 0.4) is 0 Å². The van der Waals surface area contributed by atoms with Crippen LogP contribution in [0.15, 0.2) is 38.3 Å². The predicted molar refractivity (Wildman–Crippen MR) is 98.5 cm³/mol. The van der Waals surface area contributed by atoms with Crippen LogP contribution < -0.4 is 5.32 Å². The van der Waals surface area contributed by atoms with Gasteiger partial charge in [-0.3, -0.25) is 0 Å². The van der Waals surface area contributed by atoms with Crippen LogP contribution >= 0.6 is 34.4 Å². The molecule has 0 radical (unpaired) electrons. The second kappa shape index (κ2) is 7.44. The number of rotatable bonds is 7. The summed E-state index contributed by atoms with van der Waals surface area (Å²) in [6.45, 7) is 1.32. The van der Waals surface area contributed by atoms with Gasteiger partial charge in [-0.05, 0) is 35.3 Å². The molecule has 0 amide bonds. The fourth-order valence-corrected chi connectivity index (χ4v) is 4.39. The van der Waals surface area contributed by atoms with E-state index in [0.29, 0.717) is 18.8 Å². The Morgan fingerprint density at radius 2 is 2.16 bits per heavy atom. The molecule has 11 heteroatoms. The molecular formula is C14H13N7OS3. The number of anilines is 1. The zero-order valence-corrected chi connectivity index (χ0v) is 15.6. The molecule has 0 aliphatic carbocycles. The fourth-order valence-electron chi connectivity index (χ4n) is 2.07. The second-order valence-corrected chi connectivity index (χ2v) is 7.90. The lowest BCUT2D eigenvalue weighted by molar-refractivity contribution is 0.211. The zero-order valence-electron chi connectivity index (χ0n) is 13.1. The van der Waals surface area contributed by atoms with Gasteiger partial charge >= 0.3 is 0 Å². The van der Waals surface area contributed by atoms with Gasteiger partial charge < -0.3 is 10.1 Å². The summed E-state index contributed by atoms with van der Waals surface area (Å²) in [6.07, 6.45) is 0. The molecule has 0 aromatic carbocycles. The maximum Gasteiger partial charge on any atom is 0.206 e. The van der Waals surface area contributed by atoms with E-state index < -0.39 is 0 Å². The molecule has 0 spiro atoms. The SMILES string of the molecule is COCCNc1nnc(Sc2ccc3nnc(-c4ccsc4)n3n2)s1. The predicted octanol–water partition coefficient (Wildman–Crippen LogP) is 2.91. The summed E-state index contributed by atoms with van der Waals surface area (Å²) in [7, 11) is 1.67. The molecule has 4 aromatic rings. The van der Waals surface area contributed by atoms with Crippen molar-refractivity contribution in [1.82, 2.24) is 30.0 Å². The van der Waals surface area contributed by atoms with Crippen molar-refractivity contribution in [2.75, 3.05) is 25.6 Å². The molecule has 4 aromatic heterocycles. The minimum atomic E-state index is 0.624. The van der Waals surface area contributed by atoms with Crippen LogP contribution in [0.2, 0.25) is 0 Å².